The Labute approximate surface area is 228 Å². The molecule has 1 N–H and O–H groups in total. The van der Waals surface area contributed by atoms with Crippen molar-refractivity contribution in [2.24, 2.45) is 5.92 Å². The van der Waals surface area contributed by atoms with Crippen LogP contribution < -0.4 is 10.1 Å². The van der Waals surface area contributed by atoms with E-state index in [2.05, 4.69) is 21.5 Å². The summed E-state index contributed by atoms with van der Waals surface area (Å²) in [4.78, 5) is 17.2. The van der Waals surface area contributed by atoms with E-state index in [0.717, 1.165) is 52.5 Å². The second-order valence-electron chi connectivity index (χ2n) is 10.4. The number of rotatable bonds is 9. The number of nitriles is 1. The summed E-state index contributed by atoms with van der Waals surface area (Å²) in [7, 11) is 0. The fraction of sp³-hybridized carbons (Fsp3) is 0.290. The van der Waals surface area contributed by atoms with Gasteiger partial charge < -0.3 is 14.8 Å². The highest BCUT2D eigenvalue weighted by Gasteiger charge is 2.21. The van der Waals surface area contributed by atoms with E-state index < -0.39 is 5.41 Å². The molecule has 4 aromatic rings. The van der Waals surface area contributed by atoms with Gasteiger partial charge in [0, 0.05) is 41.3 Å². The number of nitrogens with zero attached hydrogens (tertiary/aromatic N) is 4. The highest BCUT2D eigenvalue weighted by molar-refractivity contribution is 5.92. The monoisotopic (exact) mass is 521 g/mol. The number of carbonyl (C=O) groups excluding carboxylic acids is 1. The minimum Gasteiger partial charge on any atom is -0.492 e. The Morgan fingerprint density at radius 1 is 1.21 bits per heavy atom. The van der Waals surface area contributed by atoms with Crippen LogP contribution in [-0.4, -0.2) is 40.5 Å². The molecule has 0 radical (unpaired) electrons. The highest BCUT2D eigenvalue weighted by atomic mass is 16.5. The van der Waals surface area contributed by atoms with Gasteiger partial charge in [-0.3, -0.25) is 9.78 Å². The molecular formula is C31H31N5O3. The summed E-state index contributed by atoms with van der Waals surface area (Å²) in [6.07, 6.45) is 7.44. The number of benzene rings is 2. The summed E-state index contributed by atoms with van der Waals surface area (Å²) in [6, 6.07) is 17.6. The number of carbonyl (C=O) groups is 1. The van der Waals surface area contributed by atoms with Crippen LogP contribution in [0.15, 0.2) is 73.3 Å². The van der Waals surface area contributed by atoms with Crippen LogP contribution in [0.1, 0.15) is 30.5 Å². The van der Waals surface area contributed by atoms with Crippen LogP contribution in [0.5, 0.6) is 5.75 Å². The third-order valence-electron chi connectivity index (χ3n) is 6.89. The maximum Gasteiger partial charge on any atom is 0.228 e. The second-order valence-corrected chi connectivity index (χ2v) is 10.4. The van der Waals surface area contributed by atoms with Crippen molar-refractivity contribution in [1.82, 2.24) is 14.8 Å². The van der Waals surface area contributed by atoms with Gasteiger partial charge in [-0.25, -0.2) is 4.68 Å². The largest absolute Gasteiger partial charge is 0.492 e. The molecule has 2 aromatic carbocycles. The fourth-order valence-corrected chi connectivity index (χ4v) is 4.37. The van der Waals surface area contributed by atoms with Gasteiger partial charge in [-0.05, 0) is 55.7 Å². The smallest absolute Gasteiger partial charge is 0.228 e. The molecule has 0 aliphatic carbocycles. The Kier molecular flexibility index (Phi) is 7.44. The van der Waals surface area contributed by atoms with E-state index in [0.29, 0.717) is 18.2 Å². The number of aryl methyl sites for hydroxylation is 1. The molecule has 0 unspecified atom stereocenters. The highest BCUT2D eigenvalue weighted by Crippen LogP contribution is 2.31. The number of pyridine rings is 1. The maximum atomic E-state index is 12.9. The van der Waals surface area contributed by atoms with Gasteiger partial charge in [-0.15, -0.1) is 0 Å². The van der Waals surface area contributed by atoms with Crippen LogP contribution in [0, 0.1) is 24.2 Å². The van der Waals surface area contributed by atoms with Gasteiger partial charge in [0.1, 0.15) is 5.75 Å². The lowest BCUT2D eigenvalue weighted by atomic mass is 9.85. The van der Waals surface area contributed by atoms with E-state index in [1.165, 1.54) is 0 Å². The average Bonchev–Trinajstić information content (AvgIpc) is 3.39. The Morgan fingerprint density at radius 2 is 2.05 bits per heavy atom. The molecule has 0 bridgehead atoms. The standard InChI is InChI=1S/C31H31N5O3/c1-21-7-8-26(35-30(37)12-22-5-4-6-25(11-22)31(2,3)20-32)13-28(21)36-16-24(14-34-36)27-15-33-10-9-29(27)39-19-23-17-38-18-23/h4-11,13-16,23H,12,17-19H2,1-3H3,(H,35,37). The minimum atomic E-state index is -0.616. The van der Waals surface area contributed by atoms with E-state index in [-0.39, 0.29) is 12.3 Å². The zero-order valence-electron chi connectivity index (χ0n) is 22.3. The Morgan fingerprint density at radius 3 is 2.82 bits per heavy atom. The SMILES string of the molecule is Cc1ccc(NC(=O)Cc2cccc(C(C)(C)C#N)c2)cc1-n1cc(-c2cnccc2OCC2COC2)cn1. The lowest BCUT2D eigenvalue weighted by Gasteiger charge is -2.26. The van der Waals surface area contributed by atoms with Crippen LogP contribution in [-0.2, 0) is 21.4 Å². The van der Waals surface area contributed by atoms with Crippen molar-refractivity contribution >= 4 is 11.6 Å². The van der Waals surface area contributed by atoms with E-state index in [9.17, 15) is 10.1 Å². The summed E-state index contributed by atoms with van der Waals surface area (Å²) in [5, 5.41) is 17.0. The Balaban J connectivity index is 1.31. The molecule has 8 heteroatoms. The molecule has 39 heavy (non-hydrogen) atoms. The number of aromatic nitrogens is 3. The van der Waals surface area contributed by atoms with Gasteiger partial charge in [0.15, 0.2) is 0 Å². The number of nitrogens with one attached hydrogen (secondary N) is 1. The molecule has 3 heterocycles. The van der Waals surface area contributed by atoms with Gasteiger partial charge in [-0.1, -0.05) is 30.3 Å². The van der Waals surface area contributed by atoms with Crippen LogP contribution in [0.3, 0.4) is 0 Å². The molecule has 5 rings (SSSR count). The van der Waals surface area contributed by atoms with Gasteiger partial charge in [0.2, 0.25) is 5.91 Å². The van der Waals surface area contributed by atoms with Crippen molar-refractivity contribution in [3.05, 3.63) is 90.0 Å². The molecule has 1 fully saturated rings. The first kappa shape index (κ1) is 26.1. The first-order valence-electron chi connectivity index (χ1n) is 12.9. The zero-order valence-corrected chi connectivity index (χ0v) is 22.3. The van der Waals surface area contributed by atoms with E-state index in [4.69, 9.17) is 9.47 Å². The van der Waals surface area contributed by atoms with Crippen LogP contribution >= 0.6 is 0 Å². The van der Waals surface area contributed by atoms with Crippen LogP contribution in [0.4, 0.5) is 5.69 Å². The maximum absolute atomic E-state index is 12.9. The molecule has 198 valence electrons. The van der Waals surface area contributed by atoms with Crippen LogP contribution in [0.25, 0.3) is 16.8 Å². The molecule has 1 aliphatic heterocycles. The molecule has 1 aliphatic rings. The van der Waals surface area contributed by atoms with Gasteiger partial charge in [0.25, 0.3) is 0 Å². The average molecular weight is 522 g/mol. The number of anilines is 1. The predicted octanol–water partition coefficient (Wildman–Crippen LogP) is 5.25. The molecule has 1 saturated heterocycles. The third-order valence-corrected chi connectivity index (χ3v) is 6.89. The molecular weight excluding hydrogens is 490 g/mol. The molecule has 0 spiro atoms. The van der Waals surface area contributed by atoms with Crippen molar-refractivity contribution in [1.29, 1.82) is 5.26 Å². The normalized spacial score (nSPS) is 13.4. The zero-order chi connectivity index (χ0) is 27.4. The summed E-state index contributed by atoms with van der Waals surface area (Å²) < 4.78 is 13.1. The quantitative estimate of drug-likeness (QED) is 0.323. The molecule has 0 atom stereocenters. The van der Waals surface area contributed by atoms with E-state index >= 15 is 0 Å². The third kappa shape index (κ3) is 6.00. The number of ether oxygens (including phenoxy) is 2. The van der Waals surface area contributed by atoms with Crippen LogP contribution in [0.2, 0.25) is 0 Å². The van der Waals surface area contributed by atoms with Crippen molar-refractivity contribution in [3.63, 3.8) is 0 Å². The molecule has 8 nitrogen and oxygen atoms in total. The summed E-state index contributed by atoms with van der Waals surface area (Å²) in [6.45, 7) is 7.81. The summed E-state index contributed by atoms with van der Waals surface area (Å²) in [5.41, 5.74) is 5.44. The van der Waals surface area contributed by atoms with Gasteiger partial charge in [0.05, 0.1) is 49.6 Å². The molecule has 1 amide bonds. The summed E-state index contributed by atoms with van der Waals surface area (Å²) in [5.74, 6) is 1.05. The number of amides is 1. The number of hydrogen-bond donors (Lipinski definition) is 1. The van der Waals surface area contributed by atoms with Crippen molar-refractivity contribution in [2.75, 3.05) is 25.1 Å². The Bertz CT molecular complexity index is 1530. The summed E-state index contributed by atoms with van der Waals surface area (Å²) >= 11 is 0. The molecule has 0 saturated carbocycles. The first-order valence-corrected chi connectivity index (χ1v) is 12.9. The van der Waals surface area contributed by atoms with E-state index in [1.54, 1.807) is 23.3 Å². The lowest BCUT2D eigenvalue weighted by Crippen LogP contribution is -2.32. The van der Waals surface area contributed by atoms with Gasteiger partial charge in [-0.2, -0.15) is 10.4 Å². The predicted molar refractivity (Wildman–Crippen MR) is 149 cm³/mol. The molecule has 2 aromatic heterocycles. The fourth-order valence-electron chi connectivity index (χ4n) is 4.37. The van der Waals surface area contributed by atoms with Crippen molar-refractivity contribution in [2.45, 2.75) is 32.6 Å². The van der Waals surface area contributed by atoms with Crippen molar-refractivity contribution in [3.8, 4) is 28.6 Å². The van der Waals surface area contributed by atoms with E-state index in [1.807, 2.05) is 75.5 Å². The van der Waals surface area contributed by atoms with Crippen molar-refractivity contribution < 1.29 is 14.3 Å². The Hall–Kier alpha value is -4.48. The minimum absolute atomic E-state index is 0.133. The lowest BCUT2D eigenvalue weighted by molar-refractivity contribution is -0.115. The second kappa shape index (κ2) is 11.1. The number of hydrogen-bond acceptors (Lipinski definition) is 6. The first-order chi connectivity index (χ1) is 18.8. The topological polar surface area (TPSA) is 102 Å². The van der Waals surface area contributed by atoms with Gasteiger partial charge >= 0.3 is 0 Å².